The van der Waals surface area contributed by atoms with Gasteiger partial charge in [-0.3, -0.25) is 0 Å². The van der Waals surface area contributed by atoms with E-state index >= 15 is 0 Å². The number of hydrogen-bond donors (Lipinski definition) is 1. The Labute approximate surface area is 52.8 Å². The number of carboxylic acids is 1. The Kier molecular flexibility index (Phi) is 1.49. The van der Waals surface area contributed by atoms with Gasteiger partial charge in [0, 0.05) is 0 Å². The molecule has 0 amide bonds. The molecule has 0 aliphatic heterocycles. The Morgan fingerprint density at radius 3 is 2.11 bits per heavy atom. The molecular weight excluding hydrogens is 122 g/mol. The number of carbonyl (C=O) groups is 1. The molecule has 0 bridgehead atoms. The van der Waals surface area contributed by atoms with Crippen LogP contribution in [0.1, 0.15) is 10.4 Å². The van der Waals surface area contributed by atoms with Crippen LogP contribution in [-0.4, -0.2) is 11.1 Å². The van der Waals surface area contributed by atoms with E-state index in [9.17, 15) is 4.79 Å². The molecule has 0 aliphatic rings. The lowest BCUT2D eigenvalue weighted by Gasteiger charge is -1.88. The van der Waals surface area contributed by atoms with Gasteiger partial charge < -0.3 is 5.11 Å². The SMILES string of the molecule is O=[13C](O)[13c]1c[13cH][13cH][13cH][13cH]1. The minimum Gasteiger partial charge on any atom is -0.478 e. The normalized spacial score (nSPS) is 8.89. The van der Waals surface area contributed by atoms with E-state index in [0.29, 0.717) is 5.56 Å². The van der Waals surface area contributed by atoms with Crippen molar-refractivity contribution in [1.82, 2.24) is 0 Å². The van der Waals surface area contributed by atoms with Gasteiger partial charge in [0.05, 0.1) is 5.56 Å². The van der Waals surface area contributed by atoms with Crippen LogP contribution in [0.4, 0.5) is 0 Å². The Morgan fingerprint density at radius 1 is 1.22 bits per heavy atom. The fraction of sp³-hybridized carbons (Fsp3) is 0. The molecule has 46 valence electrons. The van der Waals surface area contributed by atoms with Crippen molar-refractivity contribution in [2.75, 3.05) is 0 Å². The number of carboxylic acid groups (broad SMARTS) is 1. The Morgan fingerprint density at radius 2 is 1.78 bits per heavy atom. The van der Waals surface area contributed by atoms with Crippen molar-refractivity contribution in [2.45, 2.75) is 0 Å². The average Bonchev–Trinajstić information content (AvgIpc) is 1.90. The van der Waals surface area contributed by atoms with Crippen molar-refractivity contribution >= 4 is 5.97 Å². The lowest BCUT2D eigenvalue weighted by molar-refractivity contribution is 0.0697. The summed E-state index contributed by atoms with van der Waals surface area (Å²) in [5.74, 6) is -0.879. The second-order valence-corrected chi connectivity index (χ2v) is 1.67. The predicted molar refractivity (Wildman–Crippen MR) is 33.4 cm³/mol. The van der Waals surface area contributed by atoms with Gasteiger partial charge in [0.25, 0.3) is 0 Å². The zero-order valence-electron chi connectivity index (χ0n) is 4.74. The molecule has 0 aliphatic carbocycles. The molecule has 0 saturated heterocycles. The highest BCUT2D eigenvalue weighted by molar-refractivity contribution is 5.87. The van der Waals surface area contributed by atoms with Crippen LogP contribution in [0.15, 0.2) is 30.3 Å². The molecule has 2 nitrogen and oxygen atoms in total. The van der Waals surface area contributed by atoms with Crippen LogP contribution < -0.4 is 0 Å². The average molecular weight is 128 g/mol. The second-order valence-electron chi connectivity index (χ2n) is 1.67. The third-order valence-electron chi connectivity index (χ3n) is 1.02. The number of aromatic carboxylic acids is 1. The monoisotopic (exact) mass is 128 g/mol. The van der Waals surface area contributed by atoms with Crippen LogP contribution >= 0.6 is 0 Å². The van der Waals surface area contributed by atoms with Crippen LogP contribution in [0.2, 0.25) is 0 Å². The predicted octanol–water partition coefficient (Wildman–Crippen LogP) is 1.38. The van der Waals surface area contributed by atoms with Gasteiger partial charge >= 0.3 is 5.97 Å². The zero-order valence-corrected chi connectivity index (χ0v) is 4.74. The van der Waals surface area contributed by atoms with Crippen LogP contribution in [0.5, 0.6) is 0 Å². The quantitative estimate of drug-likeness (QED) is 0.580. The zero-order chi connectivity index (χ0) is 6.69. The van der Waals surface area contributed by atoms with Gasteiger partial charge in [0.1, 0.15) is 0 Å². The molecule has 1 N–H and O–H groups in total. The van der Waals surface area contributed by atoms with Crippen LogP contribution in [0, 0.1) is 0 Å². The molecule has 0 spiro atoms. The summed E-state index contributed by atoms with van der Waals surface area (Å²) in [7, 11) is 0. The van der Waals surface area contributed by atoms with Crippen LogP contribution in [-0.2, 0) is 0 Å². The standard InChI is InChI=1S/C7H6O2/c8-7(9)6-4-2-1-3-5-6/h1-5H,(H,8,9)/i1+1,2+1,3+1,4+1,6+1,7+1. The fourth-order valence-electron chi connectivity index (χ4n) is 0.581. The summed E-state index contributed by atoms with van der Waals surface area (Å²) >= 11 is 0. The van der Waals surface area contributed by atoms with Gasteiger partial charge in [-0.25, -0.2) is 4.79 Å². The molecule has 0 radical (unpaired) electrons. The van der Waals surface area contributed by atoms with E-state index in [4.69, 9.17) is 5.11 Å². The first kappa shape index (κ1) is 5.82. The molecule has 9 heavy (non-hydrogen) atoms. The molecule has 0 heterocycles. The molecule has 2 heteroatoms. The minimum absolute atomic E-state index is 0.331. The lowest BCUT2D eigenvalue weighted by Crippen LogP contribution is -1.93. The summed E-state index contributed by atoms with van der Waals surface area (Å²) in [5.41, 5.74) is 0.331. The first-order chi connectivity index (χ1) is 4.30. The van der Waals surface area contributed by atoms with E-state index in [2.05, 4.69) is 0 Å². The van der Waals surface area contributed by atoms with Gasteiger partial charge in [0.2, 0.25) is 0 Å². The smallest absolute Gasteiger partial charge is 0.335 e. The van der Waals surface area contributed by atoms with E-state index in [0.717, 1.165) is 0 Å². The first-order valence-corrected chi connectivity index (χ1v) is 2.59. The Hall–Kier alpha value is -1.31. The number of rotatable bonds is 1. The molecule has 0 fully saturated rings. The van der Waals surface area contributed by atoms with Crippen molar-refractivity contribution in [3.05, 3.63) is 35.9 Å². The van der Waals surface area contributed by atoms with Gasteiger partial charge in [-0.2, -0.15) is 0 Å². The highest BCUT2D eigenvalue weighted by Gasteiger charge is 1.96. The maximum Gasteiger partial charge on any atom is 0.335 e. The summed E-state index contributed by atoms with van der Waals surface area (Å²) in [6.07, 6.45) is 0. The molecule has 1 rings (SSSR count). The molecule has 1 aromatic rings. The first-order valence-electron chi connectivity index (χ1n) is 2.59. The summed E-state index contributed by atoms with van der Waals surface area (Å²) in [6, 6.07) is 8.30. The summed E-state index contributed by atoms with van der Waals surface area (Å²) < 4.78 is 0. The fourth-order valence-corrected chi connectivity index (χ4v) is 0.581. The van der Waals surface area contributed by atoms with E-state index in [-0.39, 0.29) is 0 Å². The van der Waals surface area contributed by atoms with Crippen molar-refractivity contribution in [3.8, 4) is 0 Å². The molecule has 0 saturated carbocycles. The lowest BCUT2D eigenvalue weighted by atomic mass is 10.9. The van der Waals surface area contributed by atoms with Crippen molar-refractivity contribution in [2.24, 2.45) is 0 Å². The summed E-state index contributed by atoms with van der Waals surface area (Å²) in [4.78, 5) is 10.2. The molecule has 0 aromatic heterocycles. The van der Waals surface area contributed by atoms with Crippen molar-refractivity contribution in [1.29, 1.82) is 0 Å². The largest absolute Gasteiger partial charge is 0.478 e. The second kappa shape index (κ2) is 2.31. The van der Waals surface area contributed by atoms with Crippen LogP contribution in [0.3, 0.4) is 0 Å². The number of benzene rings is 1. The van der Waals surface area contributed by atoms with E-state index < -0.39 is 5.97 Å². The van der Waals surface area contributed by atoms with E-state index in [1.54, 1.807) is 30.3 Å². The maximum absolute atomic E-state index is 10.2. The number of hydrogen-bond acceptors (Lipinski definition) is 1. The highest BCUT2D eigenvalue weighted by Crippen LogP contribution is 1.96. The molecular formula is C7H6O2. The van der Waals surface area contributed by atoms with E-state index in [1.807, 2.05) is 0 Å². The highest BCUT2D eigenvalue weighted by atomic mass is 16.5. The molecule has 0 atom stereocenters. The third kappa shape index (κ3) is 1.29. The van der Waals surface area contributed by atoms with Crippen LogP contribution in [0.25, 0.3) is 0 Å². The van der Waals surface area contributed by atoms with Gasteiger partial charge in [-0.05, 0) is 12.1 Å². The van der Waals surface area contributed by atoms with Gasteiger partial charge in [0.15, 0.2) is 0 Å². The Bertz CT molecular complexity index is 203. The third-order valence-corrected chi connectivity index (χ3v) is 1.02. The van der Waals surface area contributed by atoms with Gasteiger partial charge in [-0.1, -0.05) is 18.2 Å². The topological polar surface area (TPSA) is 37.3 Å². The Balaban J connectivity index is 2.98. The summed E-state index contributed by atoms with van der Waals surface area (Å²) in [5, 5.41) is 8.38. The summed E-state index contributed by atoms with van der Waals surface area (Å²) in [6.45, 7) is 0. The maximum atomic E-state index is 10.2. The van der Waals surface area contributed by atoms with E-state index in [1.165, 1.54) is 0 Å². The molecule has 1 aromatic carbocycles. The molecule has 0 unspecified atom stereocenters. The van der Waals surface area contributed by atoms with Crippen molar-refractivity contribution in [3.63, 3.8) is 0 Å². The minimum atomic E-state index is -0.879. The van der Waals surface area contributed by atoms with Gasteiger partial charge in [-0.15, -0.1) is 0 Å². The van der Waals surface area contributed by atoms with Crippen molar-refractivity contribution < 1.29 is 9.90 Å².